The fourth-order valence-corrected chi connectivity index (χ4v) is 9.79. The molecule has 19 atom stereocenters. The molecule has 2 bridgehead atoms. The molecule has 2 fully saturated rings. The number of urea groups is 1. The first kappa shape index (κ1) is 69.1. The lowest BCUT2D eigenvalue weighted by Gasteiger charge is -2.46. The summed E-state index contributed by atoms with van der Waals surface area (Å²) in [5.74, 6) is -3.85. The molecule has 450 valence electrons. The lowest BCUT2D eigenvalue weighted by molar-refractivity contribution is -0.303. The first-order chi connectivity index (χ1) is 37.2. The van der Waals surface area contributed by atoms with Crippen LogP contribution in [0.25, 0.3) is 0 Å². The smallest absolute Gasteiger partial charge is 0.407 e. The van der Waals surface area contributed by atoms with Crippen LogP contribution >= 0.6 is 0 Å². The van der Waals surface area contributed by atoms with Crippen molar-refractivity contribution in [3.05, 3.63) is 85.1 Å². The SMILES string of the molecule is CC1OC(=O)C[C@H](O)C[C@H](O)CC[C@@H](O)[C@H](O)C[C@H](O)C[C@]2(O)C[C@H](O)[C@@H](NC(=O)NCCCF)[C@H](C[C@@H](O[C@@H]3O[C@H](C)[C@@H](O)[C@H](NC(=O)OCC[Si](C)(C)C)[C@@H]3O)/C=C/C=C/C=C/C=C/C=C/C=C/C=C/[C@H](C)[C@@H](O)[C@H]1C)O2. The van der Waals surface area contributed by atoms with Crippen LogP contribution in [0.5, 0.6) is 0 Å². The molecule has 79 heavy (non-hydrogen) atoms. The minimum Gasteiger partial charge on any atom is -0.462 e. The van der Waals surface area contributed by atoms with Crippen molar-refractivity contribution in [2.45, 2.75) is 215 Å². The highest BCUT2D eigenvalue weighted by molar-refractivity contribution is 6.76. The fraction of sp³-hybridized carbons (Fsp3) is 0.696. The largest absolute Gasteiger partial charge is 0.462 e. The summed E-state index contributed by atoms with van der Waals surface area (Å²) in [5, 5.41) is 119. The predicted molar refractivity (Wildman–Crippen MR) is 295 cm³/mol. The van der Waals surface area contributed by atoms with Gasteiger partial charge < -0.3 is 90.7 Å². The van der Waals surface area contributed by atoms with Gasteiger partial charge >= 0.3 is 18.1 Å². The summed E-state index contributed by atoms with van der Waals surface area (Å²) in [6.45, 7) is 12.4. The number of fused-ring (bicyclic) bond motifs is 2. The van der Waals surface area contributed by atoms with Crippen LogP contribution in [0.3, 0.4) is 0 Å². The van der Waals surface area contributed by atoms with Crippen molar-refractivity contribution >= 4 is 26.2 Å². The van der Waals surface area contributed by atoms with E-state index >= 15 is 0 Å². The second-order valence-corrected chi connectivity index (χ2v) is 27.8. The second-order valence-electron chi connectivity index (χ2n) is 22.2. The Labute approximate surface area is 465 Å². The van der Waals surface area contributed by atoms with Gasteiger partial charge in [0.2, 0.25) is 0 Å². The number of nitrogens with one attached hydrogen (secondary N) is 3. The molecule has 0 aromatic rings. The van der Waals surface area contributed by atoms with E-state index in [-0.39, 0.29) is 51.2 Å². The van der Waals surface area contributed by atoms with E-state index in [0.717, 1.165) is 0 Å². The lowest BCUT2D eigenvalue weighted by Crippen LogP contribution is -2.65. The number of halogens is 1. The van der Waals surface area contributed by atoms with E-state index in [2.05, 4.69) is 35.6 Å². The van der Waals surface area contributed by atoms with Gasteiger partial charge in [-0.05, 0) is 45.6 Å². The van der Waals surface area contributed by atoms with Crippen LogP contribution < -0.4 is 16.0 Å². The lowest BCUT2D eigenvalue weighted by atomic mass is 9.87. The number of hydrogen-bond donors (Lipinski definition) is 13. The molecule has 3 amide bonds. The van der Waals surface area contributed by atoms with Crippen molar-refractivity contribution in [2.24, 2.45) is 11.8 Å². The van der Waals surface area contributed by atoms with Gasteiger partial charge in [0.15, 0.2) is 12.1 Å². The summed E-state index contributed by atoms with van der Waals surface area (Å²) < 4.78 is 42.3. The Kier molecular flexibility index (Phi) is 30.6. The highest BCUT2D eigenvalue weighted by Gasteiger charge is 2.50. The Hall–Kier alpha value is -4.18. The second kappa shape index (κ2) is 35.0. The number of ether oxygens (including phenoxy) is 5. The normalized spacial score (nSPS) is 39.5. The first-order valence-corrected chi connectivity index (χ1v) is 31.2. The number of aliphatic hydroxyl groups is 10. The highest BCUT2D eigenvalue weighted by atomic mass is 28.3. The third-order valence-corrected chi connectivity index (χ3v) is 15.7. The number of esters is 1. The van der Waals surface area contributed by atoms with Crippen LogP contribution in [0.2, 0.25) is 25.7 Å². The maximum Gasteiger partial charge on any atom is 0.407 e. The van der Waals surface area contributed by atoms with Gasteiger partial charge in [0, 0.05) is 52.1 Å². The molecule has 3 heterocycles. The van der Waals surface area contributed by atoms with Gasteiger partial charge in [-0.1, -0.05) is 119 Å². The summed E-state index contributed by atoms with van der Waals surface area (Å²) in [6.07, 6.45) is 1.94. The molecule has 0 saturated carbocycles. The molecule has 13 N–H and O–H groups in total. The number of allylic oxidation sites excluding steroid dienone is 12. The Balaban J connectivity index is 1.98. The van der Waals surface area contributed by atoms with Gasteiger partial charge in [0.25, 0.3) is 0 Å². The molecule has 0 aromatic carbocycles. The van der Waals surface area contributed by atoms with Crippen LogP contribution in [0.15, 0.2) is 85.1 Å². The monoisotopic (exact) mass is 1140 g/mol. The summed E-state index contributed by atoms with van der Waals surface area (Å²) in [6, 6.07) is -2.75. The molecule has 21 nitrogen and oxygen atoms in total. The topological polar surface area (TPSA) is 336 Å². The average Bonchev–Trinajstić information content (AvgIpc) is 3.42. The van der Waals surface area contributed by atoms with E-state index in [9.17, 15) is 69.8 Å². The summed E-state index contributed by atoms with van der Waals surface area (Å²) in [4.78, 5) is 38.8. The van der Waals surface area contributed by atoms with Crippen LogP contribution in [0, 0.1) is 11.8 Å². The maximum atomic E-state index is 13.1. The van der Waals surface area contributed by atoms with Crippen LogP contribution in [0.4, 0.5) is 14.0 Å². The van der Waals surface area contributed by atoms with E-state index in [1.165, 1.54) is 6.92 Å². The van der Waals surface area contributed by atoms with Gasteiger partial charge in [-0.15, -0.1) is 0 Å². The number of alkyl halides is 1. The van der Waals surface area contributed by atoms with Crippen molar-refractivity contribution in [3.8, 4) is 0 Å². The van der Waals surface area contributed by atoms with Gasteiger partial charge in [0.05, 0.1) is 92.8 Å². The zero-order valence-corrected chi connectivity index (χ0v) is 47.8. The van der Waals surface area contributed by atoms with Gasteiger partial charge in [-0.25, -0.2) is 9.59 Å². The van der Waals surface area contributed by atoms with Crippen molar-refractivity contribution in [1.29, 1.82) is 0 Å². The van der Waals surface area contributed by atoms with Gasteiger partial charge in [0.1, 0.15) is 18.3 Å². The molecular formula is C56H92FN3O18Si. The summed E-state index contributed by atoms with van der Waals surface area (Å²) >= 11 is 0. The number of hydrogen-bond acceptors (Lipinski definition) is 18. The Morgan fingerprint density at radius 1 is 0.696 bits per heavy atom. The molecular weight excluding hydrogens is 1050 g/mol. The molecule has 3 aliphatic rings. The third kappa shape index (κ3) is 26.1. The van der Waals surface area contributed by atoms with Crippen LogP contribution in [0.1, 0.15) is 85.5 Å². The van der Waals surface area contributed by atoms with E-state index in [0.29, 0.717) is 6.04 Å². The number of carbonyl (C=O) groups is 3. The van der Waals surface area contributed by atoms with E-state index in [1.54, 1.807) is 92.8 Å². The number of amides is 3. The minimum absolute atomic E-state index is 0.00165. The Morgan fingerprint density at radius 3 is 1.91 bits per heavy atom. The minimum atomic E-state index is -2.34. The number of aliphatic hydroxyl groups excluding tert-OH is 9. The van der Waals surface area contributed by atoms with Gasteiger partial charge in [-0.3, -0.25) is 9.18 Å². The average molecular weight is 1140 g/mol. The number of rotatable bonds is 10. The Morgan fingerprint density at radius 2 is 1.30 bits per heavy atom. The number of cyclic esters (lactones) is 1. The predicted octanol–water partition coefficient (Wildman–Crippen LogP) is 3.14. The molecule has 0 spiro atoms. The molecule has 2 saturated heterocycles. The summed E-state index contributed by atoms with van der Waals surface area (Å²) in [7, 11) is -1.58. The summed E-state index contributed by atoms with van der Waals surface area (Å²) in [5.41, 5.74) is 0. The molecule has 0 aromatic heterocycles. The molecule has 3 rings (SSSR count). The zero-order chi connectivity index (χ0) is 58.9. The third-order valence-electron chi connectivity index (χ3n) is 13.9. The van der Waals surface area contributed by atoms with Gasteiger partial charge in [-0.2, -0.15) is 0 Å². The highest BCUT2D eigenvalue weighted by Crippen LogP contribution is 2.35. The van der Waals surface area contributed by atoms with E-state index in [1.807, 2.05) is 13.0 Å². The van der Waals surface area contributed by atoms with Crippen molar-refractivity contribution in [3.63, 3.8) is 0 Å². The molecule has 0 radical (unpaired) electrons. The Bertz CT molecular complexity index is 2040. The fourth-order valence-electron chi connectivity index (χ4n) is 9.07. The van der Waals surface area contributed by atoms with E-state index in [4.69, 9.17) is 23.7 Å². The molecule has 0 aliphatic carbocycles. The molecule has 3 aliphatic heterocycles. The molecule has 1 unspecified atom stereocenters. The van der Waals surface area contributed by atoms with Crippen LogP contribution in [-0.4, -0.2) is 201 Å². The number of carbonyl (C=O) groups excluding carboxylic acids is 3. The zero-order valence-electron chi connectivity index (χ0n) is 46.8. The first-order valence-electron chi connectivity index (χ1n) is 27.5. The molecule has 23 heteroatoms. The van der Waals surface area contributed by atoms with Crippen molar-refractivity contribution in [1.82, 2.24) is 16.0 Å². The van der Waals surface area contributed by atoms with Crippen molar-refractivity contribution < 1.29 is 93.5 Å². The van der Waals surface area contributed by atoms with E-state index < -0.39 is 168 Å². The maximum absolute atomic E-state index is 13.1. The van der Waals surface area contributed by atoms with Crippen LogP contribution in [-0.2, 0) is 28.5 Å². The van der Waals surface area contributed by atoms with Crippen molar-refractivity contribution in [2.75, 3.05) is 19.8 Å². The standard InChI is InChI=1S/C56H92FN3O18Si/c1-35-21-18-16-14-12-10-8-9-11-13-15-17-19-22-42(77-53-52(70)49(51(69)38(4)76-53)60-55(72)74-27-28-79(5,6)7)32-46-48(59-54(71)58-26-20-25-57)45(66)34-56(73,78-46)33-41(63)30-44(65)43(64)24-23-39(61)29-40(62)31-47(67)75-37(3)36(2)50(35)68/h8-19,21-22,35-46,48-53,61-66,68-70,73H,20,23-34H2,1-7H3,(H,60,72)(H2,58,59,71)/b9-8+,12-10+,13-11+,16-14+,17-15+,21-18+,22-19+/t35-,36-,37?,38+,39+,40+,41-,42-,43+,44+,45-,46-,48+,49-,50+,51+,52-,53-,56+/m0/s1. The quantitative estimate of drug-likeness (QED) is 0.0849. The number of alkyl carbamates (subject to hydrolysis) is 1.